The lowest BCUT2D eigenvalue weighted by Gasteiger charge is -2.13. The summed E-state index contributed by atoms with van der Waals surface area (Å²) in [6.07, 6.45) is 3.67. The molecule has 1 aromatic heterocycles. The maximum absolute atomic E-state index is 5.82. The molecule has 2 N–H and O–H groups in total. The molecule has 0 saturated carbocycles. The third-order valence-corrected chi connectivity index (χ3v) is 4.58. The van der Waals surface area contributed by atoms with Gasteiger partial charge in [0.05, 0.1) is 7.11 Å². The van der Waals surface area contributed by atoms with E-state index < -0.39 is 0 Å². The lowest BCUT2D eigenvalue weighted by molar-refractivity contribution is 0.414. The van der Waals surface area contributed by atoms with Gasteiger partial charge in [-0.05, 0) is 55.0 Å². The van der Waals surface area contributed by atoms with Crippen molar-refractivity contribution in [2.45, 2.75) is 32.6 Å². The molecule has 0 bridgehead atoms. The van der Waals surface area contributed by atoms with E-state index in [-0.39, 0.29) is 24.0 Å². The summed E-state index contributed by atoms with van der Waals surface area (Å²) in [5.41, 5.74) is 2.45. The molecule has 0 aliphatic carbocycles. The fourth-order valence-corrected chi connectivity index (χ4v) is 2.80. The van der Waals surface area contributed by atoms with E-state index >= 15 is 0 Å². The van der Waals surface area contributed by atoms with E-state index in [1.807, 2.05) is 30.5 Å². The van der Waals surface area contributed by atoms with Crippen molar-refractivity contribution in [1.82, 2.24) is 15.6 Å². The minimum Gasteiger partial charge on any atom is -0.497 e. The summed E-state index contributed by atoms with van der Waals surface area (Å²) in [6.45, 7) is 6.70. The molecular weight excluding hydrogens is 487 g/mol. The zero-order chi connectivity index (χ0) is 19.5. The summed E-state index contributed by atoms with van der Waals surface area (Å²) in [7, 11) is 1.69. The van der Waals surface area contributed by atoms with Crippen molar-refractivity contribution in [3.63, 3.8) is 0 Å². The SMILES string of the molecule is CCNC(=NCCC(C)c1ccc(OC)cc1)NCCc1ccc(Cl)nc1.I. The largest absolute Gasteiger partial charge is 0.497 e. The van der Waals surface area contributed by atoms with Gasteiger partial charge in [-0.3, -0.25) is 4.99 Å². The highest BCUT2D eigenvalue weighted by Crippen LogP contribution is 2.21. The number of aromatic nitrogens is 1. The van der Waals surface area contributed by atoms with Crippen molar-refractivity contribution in [1.29, 1.82) is 0 Å². The highest BCUT2D eigenvalue weighted by molar-refractivity contribution is 14.0. The van der Waals surface area contributed by atoms with Crippen molar-refractivity contribution in [3.8, 4) is 5.75 Å². The molecule has 1 unspecified atom stereocenters. The van der Waals surface area contributed by atoms with E-state index in [4.69, 9.17) is 21.3 Å². The highest BCUT2D eigenvalue weighted by atomic mass is 127. The Morgan fingerprint density at radius 1 is 1.18 bits per heavy atom. The van der Waals surface area contributed by atoms with Crippen LogP contribution in [-0.2, 0) is 6.42 Å². The van der Waals surface area contributed by atoms with Crippen LogP contribution >= 0.6 is 35.6 Å². The van der Waals surface area contributed by atoms with Gasteiger partial charge in [0.15, 0.2) is 5.96 Å². The van der Waals surface area contributed by atoms with Gasteiger partial charge in [-0.15, -0.1) is 24.0 Å². The molecule has 1 heterocycles. The van der Waals surface area contributed by atoms with Crippen LogP contribution < -0.4 is 15.4 Å². The Labute approximate surface area is 190 Å². The molecule has 0 fully saturated rings. The quantitative estimate of drug-likeness (QED) is 0.220. The van der Waals surface area contributed by atoms with Gasteiger partial charge in [0.25, 0.3) is 0 Å². The number of halogens is 2. The molecule has 2 aromatic rings. The molecule has 1 aromatic carbocycles. The number of guanidine groups is 1. The molecule has 2 rings (SSSR count). The average molecular weight is 517 g/mol. The zero-order valence-corrected chi connectivity index (χ0v) is 19.8. The minimum absolute atomic E-state index is 0. The van der Waals surface area contributed by atoms with Crippen LogP contribution in [0.5, 0.6) is 5.75 Å². The molecule has 0 saturated heterocycles. The topological polar surface area (TPSA) is 58.5 Å². The Bertz CT molecular complexity index is 707. The molecule has 7 heteroatoms. The van der Waals surface area contributed by atoms with E-state index in [9.17, 15) is 0 Å². The second-order valence-electron chi connectivity index (χ2n) is 6.39. The predicted molar refractivity (Wildman–Crippen MR) is 128 cm³/mol. The number of benzene rings is 1. The van der Waals surface area contributed by atoms with Crippen molar-refractivity contribution < 1.29 is 4.74 Å². The van der Waals surface area contributed by atoms with Crippen LogP contribution in [0.4, 0.5) is 0 Å². The van der Waals surface area contributed by atoms with Crippen molar-refractivity contribution in [3.05, 3.63) is 58.9 Å². The van der Waals surface area contributed by atoms with Gasteiger partial charge in [0.1, 0.15) is 10.9 Å². The molecule has 0 radical (unpaired) electrons. The number of nitrogens with one attached hydrogen (secondary N) is 2. The average Bonchev–Trinajstić information content (AvgIpc) is 2.69. The van der Waals surface area contributed by atoms with Gasteiger partial charge in [-0.1, -0.05) is 36.7 Å². The molecular formula is C21H30ClIN4O. The van der Waals surface area contributed by atoms with Gasteiger partial charge < -0.3 is 15.4 Å². The van der Waals surface area contributed by atoms with Gasteiger partial charge in [0.2, 0.25) is 0 Å². The molecule has 154 valence electrons. The van der Waals surface area contributed by atoms with E-state index in [0.717, 1.165) is 49.7 Å². The Balaban J connectivity index is 0.00000392. The Hall–Kier alpha value is -1.54. The smallest absolute Gasteiger partial charge is 0.191 e. The second kappa shape index (κ2) is 13.6. The van der Waals surface area contributed by atoms with Gasteiger partial charge >= 0.3 is 0 Å². The predicted octanol–water partition coefficient (Wildman–Crippen LogP) is 4.65. The Morgan fingerprint density at radius 3 is 2.54 bits per heavy atom. The summed E-state index contributed by atoms with van der Waals surface area (Å²) in [5.74, 6) is 2.18. The maximum atomic E-state index is 5.82. The molecule has 28 heavy (non-hydrogen) atoms. The third kappa shape index (κ3) is 8.65. The number of methoxy groups -OCH3 is 1. The standard InChI is InChI=1S/C21H29ClN4O.HI/c1-4-23-21(25-14-12-17-5-10-20(22)26-15-17)24-13-11-16(2)18-6-8-19(27-3)9-7-18;/h5-10,15-16H,4,11-14H2,1-3H3,(H2,23,24,25);1H. The van der Waals surface area contributed by atoms with Crippen molar-refractivity contribution in [2.75, 3.05) is 26.7 Å². The van der Waals surface area contributed by atoms with Crippen molar-refractivity contribution >= 4 is 41.5 Å². The van der Waals surface area contributed by atoms with Gasteiger partial charge in [-0.25, -0.2) is 4.98 Å². The highest BCUT2D eigenvalue weighted by Gasteiger charge is 2.06. The van der Waals surface area contributed by atoms with Crippen LogP contribution in [0.15, 0.2) is 47.6 Å². The van der Waals surface area contributed by atoms with Crippen LogP contribution in [0.1, 0.15) is 37.3 Å². The lowest BCUT2D eigenvalue weighted by Crippen LogP contribution is -2.38. The maximum Gasteiger partial charge on any atom is 0.191 e. The van der Waals surface area contributed by atoms with Gasteiger partial charge in [-0.2, -0.15) is 0 Å². The summed E-state index contributed by atoms with van der Waals surface area (Å²) in [5, 5.41) is 7.19. The Kier molecular flexibility index (Phi) is 11.9. The van der Waals surface area contributed by atoms with Crippen LogP contribution in [0.25, 0.3) is 0 Å². The number of ether oxygens (including phenoxy) is 1. The summed E-state index contributed by atoms with van der Waals surface area (Å²) in [6, 6.07) is 12.1. The first-order chi connectivity index (χ1) is 13.1. The molecule has 0 spiro atoms. The molecule has 1 atom stereocenters. The summed E-state index contributed by atoms with van der Waals surface area (Å²) in [4.78, 5) is 8.80. The summed E-state index contributed by atoms with van der Waals surface area (Å²) < 4.78 is 5.21. The number of hydrogen-bond acceptors (Lipinski definition) is 3. The first-order valence-electron chi connectivity index (χ1n) is 9.39. The second-order valence-corrected chi connectivity index (χ2v) is 6.78. The lowest BCUT2D eigenvalue weighted by atomic mass is 9.98. The zero-order valence-electron chi connectivity index (χ0n) is 16.7. The molecule has 0 amide bonds. The van der Waals surface area contributed by atoms with E-state index in [1.54, 1.807) is 7.11 Å². The number of hydrogen-bond donors (Lipinski definition) is 2. The molecule has 5 nitrogen and oxygen atoms in total. The number of aliphatic imine (C=N–C) groups is 1. The third-order valence-electron chi connectivity index (χ3n) is 4.36. The first kappa shape index (κ1) is 24.5. The van der Waals surface area contributed by atoms with E-state index in [2.05, 4.69) is 41.6 Å². The molecule has 0 aliphatic heterocycles. The first-order valence-corrected chi connectivity index (χ1v) is 9.76. The van der Waals surface area contributed by atoms with E-state index in [1.165, 1.54) is 5.56 Å². The number of nitrogens with zero attached hydrogens (tertiary/aromatic N) is 2. The number of pyridine rings is 1. The fraction of sp³-hybridized carbons (Fsp3) is 0.429. The molecule has 0 aliphatic rings. The monoisotopic (exact) mass is 516 g/mol. The van der Waals surface area contributed by atoms with Crippen LogP contribution in [-0.4, -0.2) is 37.7 Å². The van der Waals surface area contributed by atoms with Crippen LogP contribution in [0.3, 0.4) is 0 Å². The van der Waals surface area contributed by atoms with E-state index in [0.29, 0.717) is 11.1 Å². The normalized spacial score (nSPS) is 12.1. The van der Waals surface area contributed by atoms with Gasteiger partial charge in [0, 0.05) is 25.8 Å². The summed E-state index contributed by atoms with van der Waals surface area (Å²) >= 11 is 5.82. The van der Waals surface area contributed by atoms with Crippen molar-refractivity contribution in [2.24, 2.45) is 4.99 Å². The minimum atomic E-state index is 0. The van der Waals surface area contributed by atoms with Crippen LogP contribution in [0, 0.1) is 0 Å². The van der Waals surface area contributed by atoms with Crippen LogP contribution in [0.2, 0.25) is 5.15 Å². The Morgan fingerprint density at radius 2 is 1.93 bits per heavy atom. The number of rotatable bonds is 9. The fourth-order valence-electron chi connectivity index (χ4n) is 2.69.